The summed E-state index contributed by atoms with van der Waals surface area (Å²) in [6, 6.07) is 3.55. The number of amides is 1. The molecule has 0 aliphatic carbocycles. The second-order valence-electron chi connectivity index (χ2n) is 5.88. The van der Waals surface area contributed by atoms with E-state index >= 15 is 0 Å². The van der Waals surface area contributed by atoms with Gasteiger partial charge in [-0.1, -0.05) is 0 Å². The molecule has 1 amide bonds. The number of aryl methyl sites for hydroxylation is 1. The van der Waals surface area contributed by atoms with Crippen molar-refractivity contribution in [1.82, 2.24) is 20.1 Å². The molecule has 7 heteroatoms. The van der Waals surface area contributed by atoms with E-state index in [1.807, 2.05) is 19.3 Å². The molecule has 2 atom stereocenters. The summed E-state index contributed by atoms with van der Waals surface area (Å²) in [5.41, 5.74) is 1.65. The lowest BCUT2D eigenvalue weighted by Gasteiger charge is -2.31. The molecule has 2 aromatic rings. The van der Waals surface area contributed by atoms with Gasteiger partial charge in [0.2, 0.25) is 0 Å². The lowest BCUT2D eigenvalue weighted by molar-refractivity contribution is -0.0273. The fourth-order valence-electron chi connectivity index (χ4n) is 3.00. The van der Waals surface area contributed by atoms with E-state index in [0.717, 1.165) is 18.4 Å². The molecule has 1 N–H and O–H groups in total. The van der Waals surface area contributed by atoms with E-state index in [2.05, 4.69) is 15.4 Å². The van der Waals surface area contributed by atoms with Crippen LogP contribution >= 0.6 is 0 Å². The molecule has 0 aromatic carbocycles. The number of pyridine rings is 1. The van der Waals surface area contributed by atoms with Gasteiger partial charge in [0.15, 0.2) is 0 Å². The Balaban J connectivity index is 1.68. The van der Waals surface area contributed by atoms with Crippen LogP contribution in [0.25, 0.3) is 0 Å². The zero-order chi connectivity index (χ0) is 16.9. The molecule has 3 rings (SSSR count). The molecule has 3 heterocycles. The highest BCUT2D eigenvalue weighted by molar-refractivity contribution is 5.96. The molecule has 7 nitrogen and oxygen atoms in total. The average Bonchev–Trinajstić information content (AvgIpc) is 3.06. The summed E-state index contributed by atoms with van der Waals surface area (Å²) in [6.07, 6.45) is 8.54. The van der Waals surface area contributed by atoms with Crippen LogP contribution < -0.4 is 5.32 Å². The number of nitrogens with one attached hydrogen (secondary N) is 1. The predicted octanol–water partition coefficient (Wildman–Crippen LogP) is 1.58. The van der Waals surface area contributed by atoms with Crippen molar-refractivity contribution >= 4 is 5.91 Å². The summed E-state index contributed by atoms with van der Waals surface area (Å²) < 4.78 is 7.65. The van der Waals surface area contributed by atoms with Crippen LogP contribution in [0.2, 0.25) is 0 Å². The number of nitriles is 1. The summed E-state index contributed by atoms with van der Waals surface area (Å²) in [5.74, 6) is -0.107. The number of carbonyl (C=O) groups is 1. The summed E-state index contributed by atoms with van der Waals surface area (Å²) in [5, 5.41) is 16.2. The number of carbonyl (C=O) groups excluding carboxylic acids is 1. The Morgan fingerprint density at radius 1 is 1.54 bits per heavy atom. The molecule has 2 aromatic heterocycles. The number of aromatic nitrogens is 3. The van der Waals surface area contributed by atoms with Gasteiger partial charge in [-0.2, -0.15) is 10.4 Å². The monoisotopic (exact) mass is 325 g/mol. The van der Waals surface area contributed by atoms with Crippen LogP contribution in [0, 0.1) is 17.2 Å². The minimum atomic E-state index is -0.282. The van der Waals surface area contributed by atoms with E-state index in [1.165, 1.54) is 18.5 Å². The average molecular weight is 325 g/mol. The molecule has 1 saturated heterocycles. The molecule has 1 fully saturated rings. The third-order valence-electron chi connectivity index (χ3n) is 4.21. The molecule has 24 heavy (non-hydrogen) atoms. The second kappa shape index (κ2) is 7.23. The summed E-state index contributed by atoms with van der Waals surface area (Å²) in [6.45, 7) is 1.20. The molecule has 0 saturated carbocycles. The SMILES string of the molecule is Cn1cc([C@@H]2OCCC[C@H]2CNC(=O)c2cnccc2C#N)cn1. The highest BCUT2D eigenvalue weighted by Crippen LogP contribution is 2.32. The van der Waals surface area contributed by atoms with Gasteiger partial charge in [-0.05, 0) is 18.9 Å². The highest BCUT2D eigenvalue weighted by atomic mass is 16.5. The first-order chi connectivity index (χ1) is 11.7. The maximum absolute atomic E-state index is 12.4. The van der Waals surface area contributed by atoms with Crippen molar-refractivity contribution in [1.29, 1.82) is 5.26 Å². The van der Waals surface area contributed by atoms with E-state index in [0.29, 0.717) is 24.3 Å². The van der Waals surface area contributed by atoms with Gasteiger partial charge in [-0.25, -0.2) is 0 Å². The van der Waals surface area contributed by atoms with E-state index in [-0.39, 0.29) is 17.9 Å². The van der Waals surface area contributed by atoms with Gasteiger partial charge in [0.1, 0.15) is 6.07 Å². The van der Waals surface area contributed by atoms with Crippen LogP contribution in [-0.2, 0) is 11.8 Å². The molecule has 1 aliphatic heterocycles. The van der Waals surface area contributed by atoms with Crippen molar-refractivity contribution in [2.24, 2.45) is 13.0 Å². The third kappa shape index (κ3) is 3.44. The molecular formula is C17H19N5O2. The van der Waals surface area contributed by atoms with Gasteiger partial charge < -0.3 is 10.1 Å². The standard InChI is InChI=1S/C17H19N5O2/c1-22-11-14(9-21-22)16-13(3-2-6-24-16)8-20-17(23)15-10-19-5-4-12(15)7-18/h4-5,9-11,13,16H,2-3,6,8H2,1H3,(H,20,23)/t13-,16+/m0/s1. The van der Waals surface area contributed by atoms with Crippen LogP contribution in [0.4, 0.5) is 0 Å². The number of ether oxygens (including phenoxy) is 1. The highest BCUT2D eigenvalue weighted by Gasteiger charge is 2.29. The number of hydrogen-bond acceptors (Lipinski definition) is 5. The van der Waals surface area contributed by atoms with Crippen molar-refractivity contribution in [2.45, 2.75) is 18.9 Å². The van der Waals surface area contributed by atoms with E-state index in [9.17, 15) is 4.79 Å². The van der Waals surface area contributed by atoms with E-state index < -0.39 is 0 Å². The third-order valence-corrected chi connectivity index (χ3v) is 4.21. The molecular weight excluding hydrogens is 306 g/mol. The smallest absolute Gasteiger partial charge is 0.254 e. The molecule has 1 aliphatic rings. The normalized spacial score (nSPS) is 20.3. The summed E-state index contributed by atoms with van der Waals surface area (Å²) in [4.78, 5) is 16.3. The first kappa shape index (κ1) is 16.1. The number of rotatable bonds is 4. The lowest BCUT2D eigenvalue weighted by atomic mass is 9.90. The quantitative estimate of drug-likeness (QED) is 0.921. The van der Waals surface area contributed by atoms with Gasteiger partial charge in [0.05, 0.1) is 23.4 Å². The van der Waals surface area contributed by atoms with Crippen molar-refractivity contribution in [2.75, 3.05) is 13.2 Å². The molecule has 124 valence electrons. The Labute approximate surface area is 140 Å². The Morgan fingerprint density at radius 2 is 2.42 bits per heavy atom. The minimum Gasteiger partial charge on any atom is -0.373 e. The van der Waals surface area contributed by atoms with E-state index in [4.69, 9.17) is 10.00 Å². The zero-order valence-corrected chi connectivity index (χ0v) is 13.5. The molecule has 0 radical (unpaired) electrons. The lowest BCUT2D eigenvalue weighted by Crippen LogP contribution is -2.35. The van der Waals surface area contributed by atoms with Gasteiger partial charge in [0, 0.05) is 50.3 Å². The van der Waals surface area contributed by atoms with Gasteiger partial charge in [-0.3, -0.25) is 14.5 Å². The summed E-state index contributed by atoms with van der Waals surface area (Å²) >= 11 is 0. The topological polar surface area (TPSA) is 92.8 Å². The zero-order valence-electron chi connectivity index (χ0n) is 13.5. The molecule has 0 bridgehead atoms. The van der Waals surface area contributed by atoms with Crippen molar-refractivity contribution < 1.29 is 9.53 Å². The van der Waals surface area contributed by atoms with Crippen LogP contribution in [0.3, 0.4) is 0 Å². The maximum atomic E-state index is 12.4. The van der Waals surface area contributed by atoms with Gasteiger partial charge >= 0.3 is 0 Å². The van der Waals surface area contributed by atoms with Crippen LogP contribution in [-0.4, -0.2) is 33.8 Å². The number of nitrogens with zero attached hydrogens (tertiary/aromatic N) is 4. The largest absolute Gasteiger partial charge is 0.373 e. The Bertz CT molecular complexity index is 764. The van der Waals surface area contributed by atoms with Gasteiger partial charge in [0.25, 0.3) is 5.91 Å². The fourth-order valence-corrected chi connectivity index (χ4v) is 3.00. The van der Waals surface area contributed by atoms with Crippen LogP contribution in [0.5, 0.6) is 0 Å². The maximum Gasteiger partial charge on any atom is 0.254 e. The molecule has 0 spiro atoms. The molecule has 0 unspecified atom stereocenters. The van der Waals surface area contributed by atoms with Crippen molar-refractivity contribution in [3.63, 3.8) is 0 Å². The first-order valence-corrected chi connectivity index (χ1v) is 7.91. The van der Waals surface area contributed by atoms with Crippen LogP contribution in [0.15, 0.2) is 30.9 Å². The Kier molecular flexibility index (Phi) is 4.87. The minimum absolute atomic E-state index is 0.0721. The van der Waals surface area contributed by atoms with Crippen molar-refractivity contribution in [3.05, 3.63) is 47.5 Å². The van der Waals surface area contributed by atoms with Gasteiger partial charge in [-0.15, -0.1) is 0 Å². The Hall–Kier alpha value is -2.72. The Morgan fingerprint density at radius 3 is 3.17 bits per heavy atom. The van der Waals surface area contributed by atoms with E-state index in [1.54, 1.807) is 10.9 Å². The summed E-state index contributed by atoms with van der Waals surface area (Å²) in [7, 11) is 1.87. The first-order valence-electron chi connectivity index (χ1n) is 7.91. The predicted molar refractivity (Wildman–Crippen MR) is 85.9 cm³/mol. The number of hydrogen-bond donors (Lipinski definition) is 1. The van der Waals surface area contributed by atoms with Crippen LogP contribution in [0.1, 0.15) is 40.4 Å². The van der Waals surface area contributed by atoms with Crippen molar-refractivity contribution in [3.8, 4) is 6.07 Å². The second-order valence-corrected chi connectivity index (χ2v) is 5.88. The fraction of sp³-hybridized carbons (Fsp3) is 0.412.